The van der Waals surface area contributed by atoms with Crippen LogP contribution >= 0.6 is 0 Å². The lowest BCUT2D eigenvalue weighted by atomic mass is 10.1. The molecule has 0 bridgehead atoms. The maximum absolute atomic E-state index is 12.0. The number of aromatic amines is 1. The van der Waals surface area contributed by atoms with E-state index in [1.165, 1.54) is 12.2 Å². The number of ketones is 2. The Morgan fingerprint density at radius 1 is 0.889 bits per heavy atom. The summed E-state index contributed by atoms with van der Waals surface area (Å²) in [7, 11) is 3.95. The zero-order valence-electron chi connectivity index (χ0n) is 15.5. The largest absolute Gasteiger partial charge is 0.378 e. The van der Waals surface area contributed by atoms with Crippen LogP contribution in [0, 0.1) is 0 Å². The Kier molecular flexibility index (Phi) is 5.67. The van der Waals surface area contributed by atoms with Crippen LogP contribution in [-0.2, 0) is 9.59 Å². The van der Waals surface area contributed by atoms with E-state index in [0.29, 0.717) is 0 Å². The highest BCUT2D eigenvalue weighted by atomic mass is 16.1. The third-order valence-electron chi connectivity index (χ3n) is 4.26. The van der Waals surface area contributed by atoms with E-state index in [2.05, 4.69) is 4.98 Å². The van der Waals surface area contributed by atoms with Gasteiger partial charge >= 0.3 is 0 Å². The number of allylic oxidation sites excluding steroid dienone is 2. The van der Waals surface area contributed by atoms with E-state index in [0.717, 1.165) is 27.7 Å². The fraction of sp³-hybridized carbons (Fsp3) is 0.130. The maximum atomic E-state index is 12.0. The molecular weight excluding hydrogens is 336 g/mol. The fourth-order valence-electron chi connectivity index (χ4n) is 2.72. The first-order valence-corrected chi connectivity index (χ1v) is 8.77. The molecule has 1 aromatic heterocycles. The monoisotopic (exact) mass is 358 g/mol. The molecule has 1 heterocycles. The van der Waals surface area contributed by atoms with E-state index >= 15 is 0 Å². The molecule has 0 saturated carbocycles. The summed E-state index contributed by atoms with van der Waals surface area (Å²) in [5.41, 5.74) is 3.96. The summed E-state index contributed by atoms with van der Waals surface area (Å²) >= 11 is 0. The second-order valence-corrected chi connectivity index (χ2v) is 6.59. The summed E-state index contributed by atoms with van der Waals surface area (Å²) in [6, 6.07) is 15.8. The number of nitrogens with zero attached hydrogens (tertiary/aromatic N) is 1. The van der Waals surface area contributed by atoms with Gasteiger partial charge in [-0.3, -0.25) is 9.59 Å². The second-order valence-electron chi connectivity index (χ2n) is 6.59. The van der Waals surface area contributed by atoms with Crippen LogP contribution in [0.2, 0.25) is 0 Å². The van der Waals surface area contributed by atoms with Crippen LogP contribution in [0.3, 0.4) is 0 Å². The number of aromatic nitrogens is 1. The van der Waals surface area contributed by atoms with Crippen molar-refractivity contribution in [2.24, 2.45) is 0 Å². The number of benzene rings is 2. The van der Waals surface area contributed by atoms with Crippen molar-refractivity contribution in [1.29, 1.82) is 0 Å². The van der Waals surface area contributed by atoms with Gasteiger partial charge in [0.1, 0.15) is 0 Å². The van der Waals surface area contributed by atoms with E-state index < -0.39 is 0 Å². The van der Waals surface area contributed by atoms with Gasteiger partial charge in [0, 0.05) is 31.5 Å². The molecule has 0 saturated heterocycles. The summed E-state index contributed by atoms with van der Waals surface area (Å²) in [6.07, 6.45) is 8.14. The van der Waals surface area contributed by atoms with Crippen LogP contribution in [0.1, 0.15) is 17.5 Å². The summed E-state index contributed by atoms with van der Waals surface area (Å²) < 4.78 is 0. The Labute approximate surface area is 158 Å². The first kappa shape index (κ1) is 18.4. The molecule has 3 aromatic rings. The van der Waals surface area contributed by atoms with Gasteiger partial charge in [0.25, 0.3) is 0 Å². The smallest absolute Gasteiger partial charge is 0.163 e. The highest BCUT2D eigenvalue weighted by molar-refractivity contribution is 6.11. The third-order valence-corrected chi connectivity index (χ3v) is 4.26. The second kappa shape index (κ2) is 8.32. The minimum Gasteiger partial charge on any atom is -0.378 e. The van der Waals surface area contributed by atoms with Crippen molar-refractivity contribution >= 4 is 40.3 Å². The number of hydrogen-bond acceptors (Lipinski definition) is 3. The van der Waals surface area contributed by atoms with E-state index in [4.69, 9.17) is 0 Å². The predicted molar refractivity (Wildman–Crippen MR) is 112 cm³/mol. The Morgan fingerprint density at radius 2 is 1.52 bits per heavy atom. The molecule has 3 rings (SSSR count). The standard InChI is InChI=1S/C23H22N2O2/c1-25(2)20-9-4-17(5-10-20)6-11-21(26)16-22(27)12-7-18-3-8-19-13-14-24-23(19)15-18/h3-15,24H,16H2,1-2H3/b11-6+,12-7+. The van der Waals surface area contributed by atoms with Crippen LogP contribution in [-0.4, -0.2) is 30.6 Å². The van der Waals surface area contributed by atoms with Gasteiger partial charge in [-0.1, -0.05) is 36.4 Å². The molecule has 0 unspecified atom stereocenters. The number of carbonyl (C=O) groups is 2. The van der Waals surface area contributed by atoms with Gasteiger partial charge in [0.2, 0.25) is 0 Å². The number of hydrogen-bond donors (Lipinski definition) is 1. The average Bonchev–Trinajstić information content (AvgIpc) is 3.13. The topological polar surface area (TPSA) is 53.2 Å². The molecule has 4 nitrogen and oxygen atoms in total. The predicted octanol–water partition coefficient (Wildman–Crippen LogP) is 4.49. The number of fused-ring (bicyclic) bond motifs is 1. The van der Waals surface area contributed by atoms with Crippen molar-refractivity contribution in [2.75, 3.05) is 19.0 Å². The van der Waals surface area contributed by atoms with E-state index in [1.54, 1.807) is 12.2 Å². The molecule has 136 valence electrons. The Bertz CT molecular complexity index is 1010. The van der Waals surface area contributed by atoms with Crippen molar-refractivity contribution < 1.29 is 9.59 Å². The number of rotatable bonds is 7. The zero-order valence-corrected chi connectivity index (χ0v) is 15.5. The van der Waals surface area contributed by atoms with Crippen LogP contribution in [0.25, 0.3) is 23.1 Å². The van der Waals surface area contributed by atoms with Gasteiger partial charge in [-0.05, 0) is 52.9 Å². The summed E-state index contributed by atoms with van der Waals surface area (Å²) in [4.78, 5) is 29.2. The van der Waals surface area contributed by atoms with Gasteiger partial charge < -0.3 is 9.88 Å². The Hall–Kier alpha value is -3.40. The normalized spacial score (nSPS) is 11.5. The maximum Gasteiger partial charge on any atom is 0.163 e. The average molecular weight is 358 g/mol. The summed E-state index contributed by atoms with van der Waals surface area (Å²) in [5, 5.41) is 1.12. The number of anilines is 1. The van der Waals surface area contributed by atoms with Gasteiger partial charge in [-0.2, -0.15) is 0 Å². The van der Waals surface area contributed by atoms with Crippen molar-refractivity contribution in [1.82, 2.24) is 4.98 Å². The quantitative estimate of drug-likeness (QED) is 0.500. The minimum atomic E-state index is -0.209. The first-order valence-electron chi connectivity index (χ1n) is 8.77. The molecule has 0 amide bonds. The molecule has 0 aliphatic carbocycles. The number of nitrogens with one attached hydrogen (secondary N) is 1. The molecule has 0 fully saturated rings. The molecule has 0 radical (unpaired) electrons. The molecule has 0 aliphatic rings. The Morgan fingerprint density at radius 3 is 2.19 bits per heavy atom. The SMILES string of the molecule is CN(C)c1ccc(/C=C/C(=O)CC(=O)/C=C/c2ccc3cc[nH]c3c2)cc1. The van der Waals surface area contributed by atoms with E-state index in [-0.39, 0.29) is 18.0 Å². The van der Waals surface area contributed by atoms with E-state index in [9.17, 15) is 9.59 Å². The van der Waals surface area contributed by atoms with Crippen molar-refractivity contribution in [2.45, 2.75) is 6.42 Å². The van der Waals surface area contributed by atoms with Gasteiger partial charge in [-0.15, -0.1) is 0 Å². The van der Waals surface area contributed by atoms with Crippen LogP contribution in [0.15, 0.2) is 66.9 Å². The molecule has 0 spiro atoms. The van der Waals surface area contributed by atoms with Gasteiger partial charge in [0.15, 0.2) is 11.6 Å². The lowest BCUT2D eigenvalue weighted by molar-refractivity contribution is -0.121. The first-order chi connectivity index (χ1) is 13.0. The molecule has 0 atom stereocenters. The highest BCUT2D eigenvalue weighted by Gasteiger charge is 2.04. The molecule has 4 heteroatoms. The molecule has 1 N–H and O–H groups in total. The molecule has 2 aromatic carbocycles. The van der Waals surface area contributed by atoms with Crippen LogP contribution in [0.4, 0.5) is 5.69 Å². The number of carbonyl (C=O) groups excluding carboxylic acids is 2. The summed E-state index contributed by atoms with van der Waals surface area (Å²) in [5.74, 6) is -0.416. The van der Waals surface area contributed by atoms with Gasteiger partial charge in [-0.25, -0.2) is 0 Å². The minimum absolute atomic E-state index is 0.131. The third kappa shape index (κ3) is 5.05. The van der Waals surface area contributed by atoms with Crippen molar-refractivity contribution in [3.05, 3.63) is 78.0 Å². The lowest BCUT2D eigenvalue weighted by Gasteiger charge is -2.11. The van der Waals surface area contributed by atoms with Crippen LogP contribution in [0.5, 0.6) is 0 Å². The van der Waals surface area contributed by atoms with E-state index in [1.807, 2.05) is 73.7 Å². The molecular formula is C23H22N2O2. The van der Waals surface area contributed by atoms with Crippen molar-refractivity contribution in [3.8, 4) is 0 Å². The number of H-pyrrole nitrogens is 1. The van der Waals surface area contributed by atoms with Crippen LogP contribution < -0.4 is 4.90 Å². The summed E-state index contributed by atoms with van der Waals surface area (Å²) in [6.45, 7) is 0. The fourth-order valence-corrected chi connectivity index (χ4v) is 2.72. The van der Waals surface area contributed by atoms with Gasteiger partial charge in [0.05, 0.1) is 6.42 Å². The molecule has 0 aliphatic heterocycles. The lowest BCUT2D eigenvalue weighted by Crippen LogP contribution is -2.07. The molecule has 27 heavy (non-hydrogen) atoms. The highest BCUT2D eigenvalue weighted by Crippen LogP contribution is 2.15. The zero-order chi connectivity index (χ0) is 19.2. The van der Waals surface area contributed by atoms with Crippen molar-refractivity contribution in [3.63, 3.8) is 0 Å². The Balaban J connectivity index is 1.55.